The molecule has 0 aromatic carbocycles. The molecule has 3 unspecified atom stereocenters. The van der Waals surface area contributed by atoms with Gasteiger partial charge >= 0.3 is 0 Å². The zero-order chi connectivity index (χ0) is 26.0. The molecule has 0 aliphatic heterocycles. The van der Waals surface area contributed by atoms with E-state index in [9.17, 15) is 20.1 Å². The quantitative estimate of drug-likeness (QED) is 0.0833. The predicted molar refractivity (Wildman–Crippen MR) is 148 cm³/mol. The number of rotatable bonds is 25. The number of allylic oxidation sites excluding steroid dienone is 3. The van der Waals surface area contributed by atoms with E-state index in [1.54, 1.807) is 6.08 Å². The molecule has 0 fully saturated rings. The number of hydrogen-bond donors (Lipinski definition) is 4. The summed E-state index contributed by atoms with van der Waals surface area (Å²) >= 11 is 0. The molecule has 0 aromatic heterocycles. The number of hydrogen-bond acceptors (Lipinski definition) is 4. The van der Waals surface area contributed by atoms with Crippen LogP contribution < -0.4 is 5.32 Å². The fourth-order valence-electron chi connectivity index (χ4n) is 4.12. The van der Waals surface area contributed by atoms with E-state index in [0.29, 0.717) is 12.8 Å². The van der Waals surface area contributed by atoms with Crippen LogP contribution in [0.1, 0.15) is 136 Å². The Balaban J connectivity index is 3.89. The molecule has 5 heteroatoms. The number of nitrogens with one attached hydrogen (secondary N) is 1. The second-order valence-electron chi connectivity index (χ2n) is 9.95. The molecule has 4 N–H and O–H groups in total. The molecule has 3 atom stereocenters. The molecule has 0 rings (SSSR count). The summed E-state index contributed by atoms with van der Waals surface area (Å²) < 4.78 is 0. The Bertz CT molecular complexity index is 520. The van der Waals surface area contributed by atoms with E-state index < -0.39 is 24.2 Å². The minimum atomic E-state index is -1.14. The maximum Gasteiger partial charge on any atom is 0.249 e. The third kappa shape index (κ3) is 21.8. The fourth-order valence-corrected chi connectivity index (χ4v) is 4.12. The standard InChI is InChI=1S/C30H57NO4/c1-3-5-7-9-11-13-14-15-16-17-19-20-22-24-28(33)27(26-32)31-30(35)29(34)25-23-21-18-12-10-8-6-4-2/h18,21-22,24,27-29,32-34H,3-17,19-20,23,25-26H2,1-2H3,(H,31,35)/b21-18-,24-22+. The van der Waals surface area contributed by atoms with Crippen LogP contribution in [0.25, 0.3) is 0 Å². The lowest BCUT2D eigenvalue weighted by Gasteiger charge is -2.21. The first kappa shape index (κ1) is 33.8. The van der Waals surface area contributed by atoms with E-state index in [1.165, 1.54) is 89.9 Å². The molecule has 0 heterocycles. The van der Waals surface area contributed by atoms with Gasteiger partial charge in [-0.15, -0.1) is 0 Å². The van der Waals surface area contributed by atoms with E-state index in [4.69, 9.17) is 0 Å². The summed E-state index contributed by atoms with van der Waals surface area (Å²) in [4.78, 5) is 12.2. The molecule has 1 amide bonds. The van der Waals surface area contributed by atoms with Crippen molar-refractivity contribution in [2.45, 2.75) is 154 Å². The van der Waals surface area contributed by atoms with E-state index in [-0.39, 0.29) is 6.61 Å². The number of carbonyl (C=O) groups is 1. The maximum absolute atomic E-state index is 12.2. The van der Waals surface area contributed by atoms with Crippen LogP contribution in [0.4, 0.5) is 0 Å². The van der Waals surface area contributed by atoms with Crippen LogP contribution in [0.2, 0.25) is 0 Å². The summed E-state index contributed by atoms with van der Waals surface area (Å²) in [6, 6.07) is -0.806. The molecule has 0 aliphatic carbocycles. The Morgan fingerprint density at radius 2 is 1.14 bits per heavy atom. The molecule has 0 radical (unpaired) electrons. The van der Waals surface area contributed by atoms with Crippen LogP contribution in [-0.2, 0) is 4.79 Å². The number of unbranched alkanes of at least 4 members (excludes halogenated alkanes) is 15. The van der Waals surface area contributed by atoms with Crippen molar-refractivity contribution in [2.24, 2.45) is 0 Å². The van der Waals surface area contributed by atoms with Crippen molar-refractivity contribution in [1.29, 1.82) is 0 Å². The van der Waals surface area contributed by atoms with Gasteiger partial charge in [-0.05, 0) is 38.5 Å². The van der Waals surface area contributed by atoms with Gasteiger partial charge < -0.3 is 20.6 Å². The Labute approximate surface area is 216 Å². The van der Waals surface area contributed by atoms with Gasteiger partial charge in [0.25, 0.3) is 0 Å². The molecule has 0 aliphatic rings. The van der Waals surface area contributed by atoms with Crippen molar-refractivity contribution in [2.75, 3.05) is 6.61 Å². The monoisotopic (exact) mass is 495 g/mol. The third-order valence-electron chi connectivity index (χ3n) is 6.54. The van der Waals surface area contributed by atoms with Gasteiger partial charge in [-0.25, -0.2) is 0 Å². The normalized spacial score (nSPS) is 14.5. The van der Waals surface area contributed by atoms with Gasteiger partial charge in [0, 0.05) is 0 Å². The van der Waals surface area contributed by atoms with E-state index in [0.717, 1.165) is 19.3 Å². The molecular formula is C30H57NO4. The van der Waals surface area contributed by atoms with Crippen LogP contribution in [-0.4, -0.2) is 46.1 Å². The minimum absolute atomic E-state index is 0.334. The van der Waals surface area contributed by atoms with Gasteiger partial charge in [-0.1, -0.05) is 122 Å². The first-order valence-corrected chi connectivity index (χ1v) is 14.7. The van der Waals surface area contributed by atoms with Crippen molar-refractivity contribution in [1.82, 2.24) is 5.32 Å². The highest BCUT2D eigenvalue weighted by atomic mass is 16.3. The number of aliphatic hydroxyl groups is 3. The van der Waals surface area contributed by atoms with Gasteiger partial charge in [0.05, 0.1) is 18.8 Å². The van der Waals surface area contributed by atoms with Crippen molar-refractivity contribution in [3.63, 3.8) is 0 Å². The molecule has 0 spiro atoms. The molecule has 0 bridgehead atoms. The van der Waals surface area contributed by atoms with Crippen LogP contribution in [0.15, 0.2) is 24.3 Å². The number of aliphatic hydroxyl groups excluding tert-OH is 3. The average Bonchev–Trinajstić information content (AvgIpc) is 2.86. The highest BCUT2D eigenvalue weighted by Gasteiger charge is 2.22. The van der Waals surface area contributed by atoms with E-state index in [2.05, 4.69) is 25.2 Å². The summed E-state index contributed by atoms with van der Waals surface area (Å²) in [6.07, 6.45) is 27.7. The van der Waals surface area contributed by atoms with Crippen molar-refractivity contribution >= 4 is 5.91 Å². The topological polar surface area (TPSA) is 89.8 Å². The van der Waals surface area contributed by atoms with Crippen LogP contribution in [0.3, 0.4) is 0 Å². The largest absolute Gasteiger partial charge is 0.394 e. The van der Waals surface area contributed by atoms with Gasteiger partial charge in [0.1, 0.15) is 6.10 Å². The van der Waals surface area contributed by atoms with Crippen molar-refractivity contribution in [3.05, 3.63) is 24.3 Å². The molecule has 0 saturated carbocycles. The van der Waals surface area contributed by atoms with E-state index in [1.807, 2.05) is 12.2 Å². The zero-order valence-corrected chi connectivity index (χ0v) is 22.9. The fraction of sp³-hybridized carbons (Fsp3) is 0.833. The van der Waals surface area contributed by atoms with Crippen LogP contribution in [0, 0.1) is 0 Å². The summed E-state index contributed by atoms with van der Waals surface area (Å²) in [5, 5.41) is 32.5. The molecular weight excluding hydrogens is 438 g/mol. The first-order chi connectivity index (χ1) is 17.1. The minimum Gasteiger partial charge on any atom is -0.394 e. The van der Waals surface area contributed by atoms with Gasteiger partial charge in [-0.2, -0.15) is 0 Å². The summed E-state index contributed by atoms with van der Waals surface area (Å²) in [5.41, 5.74) is 0. The lowest BCUT2D eigenvalue weighted by Crippen LogP contribution is -2.48. The van der Waals surface area contributed by atoms with Crippen LogP contribution >= 0.6 is 0 Å². The smallest absolute Gasteiger partial charge is 0.249 e. The van der Waals surface area contributed by atoms with Gasteiger partial charge in [0.15, 0.2) is 0 Å². The lowest BCUT2D eigenvalue weighted by molar-refractivity contribution is -0.131. The zero-order valence-electron chi connectivity index (χ0n) is 22.9. The third-order valence-corrected chi connectivity index (χ3v) is 6.54. The van der Waals surface area contributed by atoms with Crippen molar-refractivity contribution < 1.29 is 20.1 Å². The molecule has 0 aromatic rings. The van der Waals surface area contributed by atoms with Crippen molar-refractivity contribution in [3.8, 4) is 0 Å². The summed E-state index contributed by atoms with van der Waals surface area (Å²) in [5.74, 6) is -0.543. The maximum atomic E-state index is 12.2. The molecule has 5 nitrogen and oxygen atoms in total. The van der Waals surface area contributed by atoms with E-state index >= 15 is 0 Å². The average molecular weight is 496 g/mol. The molecule has 206 valence electrons. The Morgan fingerprint density at radius 3 is 1.69 bits per heavy atom. The first-order valence-electron chi connectivity index (χ1n) is 14.7. The molecule has 0 saturated heterocycles. The van der Waals surface area contributed by atoms with Crippen LogP contribution in [0.5, 0.6) is 0 Å². The Morgan fingerprint density at radius 1 is 0.686 bits per heavy atom. The SMILES string of the molecule is CCCCCC/C=C\CCC(O)C(=O)NC(CO)C(O)/C=C/CCCCCCCCCCCCC. The molecule has 35 heavy (non-hydrogen) atoms. The highest BCUT2D eigenvalue weighted by Crippen LogP contribution is 2.12. The summed E-state index contributed by atoms with van der Waals surface area (Å²) in [6.45, 7) is 4.07. The second kappa shape index (κ2) is 25.9. The number of amides is 1. The Hall–Kier alpha value is -1.17. The lowest BCUT2D eigenvalue weighted by atomic mass is 10.0. The Kier molecular flexibility index (Phi) is 25.0. The predicted octanol–water partition coefficient (Wildman–Crippen LogP) is 6.75. The van der Waals surface area contributed by atoms with Gasteiger partial charge in [-0.3, -0.25) is 4.79 Å². The highest BCUT2D eigenvalue weighted by molar-refractivity contribution is 5.80. The van der Waals surface area contributed by atoms with Gasteiger partial charge in [0.2, 0.25) is 5.91 Å². The summed E-state index contributed by atoms with van der Waals surface area (Å²) in [7, 11) is 0. The number of carbonyl (C=O) groups excluding carboxylic acids is 1. The second-order valence-corrected chi connectivity index (χ2v) is 9.95.